The lowest BCUT2D eigenvalue weighted by Gasteiger charge is -2.30. The minimum atomic E-state index is -3.55. The topological polar surface area (TPSA) is 63.7 Å². The van der Waals surface area contributed by atoms with Crippen LogP contribution in [0.5, 0.6) is 0 Å². The summed E-state index contributed by atoms with van der Waals surface area (Å²) in [5.41, 5.74) is 0.405. The molecule has 1 saturated heterocycles. The summed E-state index contributed by atoms with van der Waals surface area (Å²) < 4.78 is 31.7. The molecule has 0 spiro atoms. The van der Waals surface area contributed by atoms with Gasteiger partial charge in [0.05, 0.1) is 17.6 Å². The van der Waals surface area contributed by atoms with Crippen LogP contribution in [0.2, 0.25) is 0 Å². The van der Waals surface area contributed by atoms with E-state index < -0.39 is 10.0 Å². The molecule has 0 N–H and O–H groups in total. The largest absolute Gasteiger partial charge is 0.376 e. The zero-order valence-corrected chi connectivity index (χ0v) is 11.8. The van der Waals surface area contributed by atoms with E-state index in [0.29, 0.717) is 25.3 Å². The Morgan fingerprint density at radius 2 is 2.16 bits per heavy atom. The first-order chi connectivity index (χ1) is 8.91. The highest BCUT2D eigenvalue weighted by Gasteiger charge is 2.29. The maximum atomic E-state index is 12.5. The van der Waals surface area contributed by atoms with Gasteiger partial charge >= 0.3 is 0 Å². The van der Waals surface area contributed by atoms with Crippen LogP contribution in [0, 0.1) is 0 Å². The van der Waals surface area contributed by atoms with Crippen molar-refractivity contribution in [2.75, 3.05) is 19.7 Å². The van der Waals surface area contributed by atoms with Crippen LogP contribution in [-0.4, -0.2) is 44.3 Å². The van der Waals surface area contributed by atoms with Gasteiger partial charge in [0.15, 0.2) is 5.78 Å². The van der Waals surface area contributed by atoms with E-state index in [9.17, 15) is 13.2 Å². The standard InChI is InChI=1S/C13H17NO4S/c1-10-9-14(6-7-18-10)19(16,17)13-5-3-4-12(8-13)11(2)15/h3-5,8,10H,6-7,9H2,1-2H3/t10-/m1/s1. The Bertz CT molecular complexity index is 582. The second kappa shape index (κ2) is 5.40. The minimum Gasteiger partial charge on any atom is -0.376 e. The van der Waals surface area contributed by atoms with Crippen LogP contribution < -0.4 is 0 Å². The van der Waals surface area contributed by atoms with E-state index in [1.165, 1.54) is 23.4 Å². The predicted octanol–water partition coefficient (Wildman–Crippen LogP) is 1.30. The lowest BCUT2D eigenvalue weighted by Crippen LogP contribution is -2.44. The molecule has 1 aliphatic heterocycles. The summed E-state index contributed by atoms with van der Waals surface area (Å²) in [6, 6.07) is 6.15. The molecule has 104 valence electrons. The number of ether oxygens (including phenoxy) is 1. The van der Waals surface area contributed by atoms with E-state index >= 15 is 0 Å². The van der Waals surface area contributed by atoms with Gasteiger partial charge in [-0.3, -0.25) is 4.79 Å². The van der Waals surface area contributed by atoms with E-state index in [2.05, 4.69) is 0 Å². The van der Waals surface area contributed by atoms with Crippen LogP contribution >= 0.6 is 0 Å². The second-order valence-corrected chi connectivity index (χ2v) is 6.57. The first-order valence-electron chi connectivity index (χ1n) is 6.14. The van der Waals surface area contributed by atoms with Crippen molar-refractivity contribution >= 4 is 15.8 Å². The minimum absolute atomic E-state index is 0.112. The molecule has 1 aromatic rings. The van der Waals surface area contributed by atoms with Crippen LogP contribution in [0.25, 0.3) is 0 Å². The van der Waals surface area contributed by atoms with Gasteiger partial charge in [-0.2, -0.15) is 4.31 Å². The summed E-state index contributed by atoms with van der Waals surface area (Å²) in [5, 5.41) is 0. The Kier molecular flexibility index (Phi) is 4.03. The van der Waals surface area contributed by atoms with E-state index in [-0.39, 0.29) is 16.8 Å². The molecule has 1 aromatic carbocycles. The molecule has 19 heavy (non-hydrogen) atoms. The number of sulfonamides is 1. The number of hydrogen-bond donors (Lipinski definition) is 0. The van der Waals surface area contributed by atoms with Crippen molar-refractivity contribution in [2.24, 2.45) is 0 Å². The normalized spacial score (nSPS) is 21.3. The summed E-state index contributed by atoms with van der Waals surface area (Å²) in [5.74, 6) is -0.146. The van der Waals surface area contributed by atoms with Crippen LogP contribution in [0.3, 0.4) is 0 Å². The summed E-state index contributed by atoms with van der Waals surface area (Å²) in [4.78, 5) is 11.5. The average Bonchev–Trinajstić information content (AvgIpc) is 2.39. The fourth-order valence-corrected chi connectivity index (χ4v) is 3.58. The Balaban J connectivity index is 2.33. The first-order valence-corrected chi connectivity index (χ1v) is 7.58. The van der Waals surface area contributed by atoms with Crippen molar-refractivity contribution < 1.29 is 17.9 Å². The van der Waals surface area contributed by atoms with Gasteiger partial charge in [-0.1, -0.05) is 12.1 Å². The molecule has 0 radical (unpaired) electrons. The molecule has 0 saturated carbocycles. The number of carbonyl (C=O) groups is 1. The molecule has 0 aliphatic carbocycles. The van der Waals surface area contributed by atoms with E-state index in [1.54, 1.807) is 12.1 Å². The van der Waals surface area contributed by atoms with Crippen LogP contribution in [-0.2, 0) is 14.8 Å². The highest BCUT2D eigenvalue weighted by Crippen LogP contribution is 2.19. The van der Waals surface area contributed by atoms with E-state index in [4.69, 9.17) is 4.74 Å². The smallest absolute Gasteiger partial charge is 0.243 e. The maximum Gasteiger partial charge on any atom is 0.243 e. The van der Waals surface area contributed by atoms with Crippen molar-refractivity contribution in [3.63, 3.8) is 0 Å². The van der Waals surface area contributed by atoms with Gasteiger partial charge in [0.1, 0.15) is 0 Å². The zero-order chi connectivity index (χ0) is 14.0. The molecule has 0 aromatic heterocycles. The number of carbonyl (C=O) groups excluding carboxylic acids is 1. The van der Waals surface area contributed by atoms with E-state index in [1.807, 2.05) is 6.92 Å². The van der Waals surface area contributed by atoms with Crippen molar-refractivity contribution in [2.45, 2.75) is 24.8 Å². The number of rotatable bonds is 3. The molecule has 1 atom stereocenters. The molecular weight excluding hydrogens is 266 g/mol. The Morgan fingerprint density at radius 1 is 1.42 bits per heavy atom. The Morgan fingerprint density at radius 3 is 2.79 bits per heavy atom. The third-order valence-electron chi connectivity index (χ3n) is 3.08. The monoisotopic (exact) mass is 283 g/mol. The first kappa shape index (κ1) is 14.2. The van der Waals surface area contributed by atoms with Crippen molar-refractivity contribution in [3.8, 4) is 0 Å². The van der Waals surface area contributed by atoms with Gasteiger partial charge in [-0.25, -0.2) is 8.42 Å². The van der Waals surface area contributed by atoms with Crippen LogP contribution in [0.15, 0.2) is 29.2 Å². The predicted molar refractivity (Wildman–Crippen MR) is 70.6 cm³/mol. The van der Waals surface area contributed by atoms with Crippen LogP contribution in [0.4, 0.5) is 0 Å². The number of Topliss-reactive ketones (excluding diaryl/α,β-unsaturated/α-hetero) is 1. The number of morpholine rings is 1. The molecule has 5 nitrogen and oxygen atoms in total. The molecule has 1 aliphatic rings. The van der Waals surface area contributed by atoms with Gasteiger partial charge < -0.3 is 4.74 Å². The fraction of sp³-hybridized carbons (Fsp3) is 0.462. The fourth-order valence-electron chi connectivity index (χ4n) is 2.03. The lowest BCUT2D eigenvalue weighted by atomic mass is 10.2. The number of hydrogen-bond acceptors (Lipinski definition) is 4. The highest BCUT2D eigenvalue weighted by molar-refractivity contribution is 7.89. The summed E-state index contributed by atoms with van der Waals surface area (Å²) in [6.45, 7) is 4.34. The van der Waals surface area contributed by atoms with Gasteiger partial charge in [0.2, 0.25) is 10.0 Å². The number of nitrogens with zero attached hydrogens (tertiary/aromatic N) is 1. The average molecular weight is 283 g/mol. The molecule has 0 bridgehead atoms. The summed E-state index contributed by atoms with van der Waals surface area (Å²) in [7, 11) is -3.55. The van der Waals surface area contributed by atoms with Crippen molar-refractivity contribution in [1.82, 2.24) is 4.31 Å². The highest BCUT2D eigenvalue weighted by atomic mass is 32.2. The summed E-state index contributed by atoms with van der Waals surface area (Å²) in [6.07, 6.45) is -0.112. The zero-order valence-electron chi connectivity index (χ0n) is 11.0. The quantitative estimate of drug-likeness (QED) is 0.784. The molecule has 2 rings (SSSR count). The van der Waals surface area contributed by atoms with Crippen molar-refractivity contribution in [3.05, 3.63) is 29.8 Å². The van der Waals surface area contributed by atoms with Gasteiger partial charge in [-0.15, -0.1) is 0 Å². The Hall–Kier alpha value is -1.24. The molecule has 0 amide bonds. The van der Waals surface area contributed by atoms with Crippen LogP contribution in [0.1, 0.15) is 24.2 Å². The maximum absolute atomic E-state index is 12.5. The number of benzene rings is 1. The van der Waals surface area contributed by atoms with Gasteiger partial charge in [0, 0.05) is 18.7 Å². The lowest BCUT2D eigenvalue weighted by molar-refractivity contribution is 0.0102. The van der Waals surface area contributed by atoms with E-state index in [0.717, 1.165) is 0 Å². The summed E-state index contributed by atoms with van der Waals surface area (Å²) >= 11 is 0. The SMILES string of the molecule is CC(=O)c1cccc(S(=O)(=O)N2CCO[C@H](C)C2)c1. The van der Waals surface area contributed by atoms with Gasteiger partial charge in [0.25, 0.3) is 0 Å². The molecular formula is C13H17NO4S. The molecule has 1 heterocycles. The number of ketones is 1. The third kappa shape index (κ3) is 3.02. The van der Waals surface area contributed by atoms with Crippen molar-refractivity contribution in [1.29, 1.82) is 0 Å². The van der Waals surface area contributed by atoms with Gasteiger partial charge in [-0.05, 0) is 26.0 Å². The Labute approximate surface area is 113 Å². The molecule has 6 heteroatoms. The second-order valence-electron chi connectivity index (χ2n) is 4.63. The molecule has 0 unspecified atom stereocenters. The molecule has 1 fully saturated rings. The third-order valence-corrected chi connectivity index (χ3v) is 4.94.